The molecule has 1 heterocycles. The molecule has 1 aliphatic rings. The number of benzene rings is 3. The summed E-state index contributed by atoms with van der Waals surface area (Å²) in [7, 11) is 0. The summed E-state index contributed by atoms with van der Waals surface area (Å²) in [6.45, 7) is 4.14. The third-order valence-electron chi connectivity index (χ3n) is 5.85. The molecule has 7 heteroatoms. The molecule has 0 bridgehead atoms. The highest BCUT2D eigenvalue weighted by atomic mass is 32.2. The smallest absolute Gasteiger partial charge is 0.338 e. The molecule has 0 aromatic heterocycles. The minimum absolute atomic E-state index is 0.294. The van der Waals surface area contributed by atoms with Crippen LogP contribution in [-0.4, -0.2) is 47.5 Å². The Morgan fingerprint density at radius 1 is 0.750 bits per heavy atom. The first-order valence-electron chi connectivity index (χ1n) is 12.0. The molecule has 0 amide bonds. The van der Waals surface area contributed by atoms with Crippen LogP contribution in [0.1, 0.15) is 40.1 Å². The molecule has 3 aromatic rings. The van der Waals surface area contributed by atoms with Gasteiger partial charge in [0, 0.05) is 0 Å². The summed E-state index contributed by atoms with van der Waals surface area (Å²) in [4.78, 5) is 26.1. The standard InChI is InChI=1S/C29H30O6S/c1-3-36-29-26(32-19-21-13-7-4-8-14-21)25(35-28(31)23-17-11-6-12-18-23)24(20(2)33-29)34-27(30)22-15-9-5-10-16-22/h4-18,20,24-26,29H,3,19H2,1-2H3/t20-,24+,25+,26-,29+/m0/s1. The van der Waals surface area contributed by atoms with Gasteiger partial charge in [-0.1, -0.05) is 73.7 Å². The van der Waals surface area contributed by atoms with Crippen LogP contribution >= 0.6 is 11.8 Å². The minimum atomic E-state index is -0.873. The summed E-state index contributed by atoms with van der Waals surface area (Å²) >= 11 is 1.56. The number of carbonyl (C=O) groups excluding carboxylic acids is 2. The van der Waals surface area contributed by atoms with Crippen molar-refractivity contribution in [3.8, 4) is 0 Å². The maximum Gasteiger partial charge on any atom is 0.338 e. The van der Waals surface area contributed by atoms with Gasteiger partial charge in [0.25, 0.3) is 0 Å². The molecule has 6 nitrogen and oxygen atoms in total. The summed E-state index contributed by atoms with van der Waals surface area (Å²) in [5.74, 6) is -0.250. The topological polar surface area (TPSA) is 71.1 Å². The summed E-state index contributed by atoms with van der Waals surface area (Å²) in [5.41, 5.74) is 1.38. The first-order valence-corrected chi connectivity index (χ1v) is 13.1. The zero-order valence-corrected chi connectivity index (χ0v) is 21.1. The van der Waals surface area contributed by atoms with Crippen molar-refractivity contribution in [1.29, 1.82) is 0 Å². The van der Waals surface area contributed by atoms with Gasteiger partial charge in [-0.05, 0) is 42.5 Å². The zero-order chi connectivity index (χ0) is 25.3. The van der Waals surface area contributed by atoms with Crippen molar-refractivity contribution in [2.24, 2.45) is 0 Å². The Bertz CT molecular complexity index is 1110. The Morgan fingerprint density at radius 3 is 1.78 bits per heavy atom. The van der Waals surface area contributed by atoms with Gasteiger partial charge in [0.2, 0.25) is 0 Å². The van der Waals surface area contributed by atoms with E-state index in [2.05, 4.69) is 0 Å². The summed E-state index contributed by atoms with van der Waals surface area (Å²) < 4.78 is 24.6. The SMILES string of the molecule is CCS[C@H]1O[C@@H](C)[C@@H](OC(=O)c2ccccc2)[C@@H](OC(=O)c2ccccc2)[C@@H]1OCc1ccccc1. The van der Waals surface area contributed by atoms with Crippen LogP contribution in [0.2, 0.25) is 0 Å². The highest BCUT2D eigenvalue weighted by Crippen LogP contribution is 2.35. The molecule has 0 N–H and O–H groups in total. The van der Waals surface area contributed by atoms with Crippen LogP contribution in [0.4, 0.5) is 0 Å². The number of carbonyl (C=O) groups is 2. The van der Waals surface area contributed by atoms with Crippen molar-refractivity contribution in [1.82, 2.24) is 0 Å². The number of hydrogen-bond acceptors (Lipinski definition) is 7. The Morgan fingerprint density at radius 2 is 1.25 bits per heavy atom. The average Bonchev–Trinajstić information content (AvgIpc) is 2.92. The van der Waals surface area contributed by atoms with Crippen LogP contribution in [-0.2, 0) is 25.6 Å². The van der Waals surface area contributed by atoms with Crippen LogP contribution in [0.5, 0.6) is 0 Å². The van der Waals surface area contributed by atoms with Crippen LogP contribution in [0.25, 0.3) is 0 Å². The molecule has 1 fully saturated rings. The van der Waals surface area contributed by atoms with Gasteiger partial charge in [0.15, 0.2) is 12.2 Å². The molecule has 0 radical (unpaired) electrons. The maximum atomic E-state index is 13.1. The quantitative estimate of drug-likeness (QED) is 0.354. The van der Waals surface area contributed by atoms with Crippen molar-refractivity contribution >= 4 is 23.7 Å². The fourth-order valence-corrected chi connectivity index (χ4v) is 5.05. The first kappa shape index (κ1) is 25.9. The Kier molecular flexibility index (Phi) is 9.17. The summed E-state index contributed by atoms with van der Waals surface area (Å²) in [6.07, 6.45) is -2.92. The molecule has 0 aliphatic carbocycles. The molecule has 3 aromatic carbocycles. The molecule has 188 valence electrons. The molecule has 36 heavy (non-hydrogen) atoms. The minimum Gasteiger partial charge on any atom is -0.452 e. The lowest BCUT2D eigenvalue weighted by atomic mass is 9.99. The van der Waals surface area contributed by atoms with Crippen molar-refractivity contribution < 1.29 is 28.5 Å². The molecule has 5 atom stereocenters. The first-order chi connectivity index (χ1) is 17.6. The monoisotopic (exact) mass is 506 g/mol. The van der Waals surface area contributed by atoms with Gasteiger partial charge in [0.1, 0.15) is 11.5 Å². The molecule has 0 unspecified atom stereocenters. The van der Waals surface area contributed by atoms with Gasteiger partial charge in [-0.25, -0.2) is 9.59 Å². The average molecular weight is 507 g/mol. The van der Waals surface area contributed by atoms with E-state index >= 15 is 0 Å². The lowest BCUT2D eigenvalue weighted by molar-refractivity contribution is -0.211. The predicted octanol–water partition coefficient (Wildman–Crippen LogP) is 5.52. The van der Waals surface area contributed by atoms with E-state index < -0.39 is 41.8 Å². The highest BCUT2D eigenvalue weighted by molar-refractivity contribution is 7.99. The maximum absolute atomic E-state index is 13.1. The number of esters is 2. The number of rotatable bonds is 9. The van der Waals surface area contributed by atoms with Crippen LogP contribution in [0.15, 0.2) is 91.0 Å². The van der Waals surface area contributed by atoms with E-state index in [4.69, 9.17) is 18.9 Å². The third-order valence-corrected chi connectivity index (χ3v) is 6.89. The molecule has 0 saturated carbocycles. The van der Waals surface area contributed by atoms with E-state index in [0.717, 1.165) is 11.3 Å². The second kappa shape index (κ2) is 12.7. The van der Waals surface area contributed by atoms with Crippen molar-refractivity contribution in [2.45, 2.75) is 50.3 Å². The molecule has 1 saturated heterocycles. The lowest BCUT2D eigenvalue weighted by Gasteiger charge is -2.44. The second-order valence-electron chi connectivity index (χ2n) is 8.40. The van der Waals surface area contributed by atoms with Gasteiger partial charge >= 0.3 is 11.9 Å². The lowest BCUT2D eigenvalue weighted by Crippen LogP contribution is -2.59. The van der Waals surface area contributed by atoms with E-state index in [0.29, 0.717) is 17.7 Å². The number of thioether (sulfide) groups is 1. The Balaban J connectivity index is 1.63. The summed E-state index contributed by atoms with van der Waals surface area (Å²) in [5, 5.41) is 0. The van der Waals surface area contributed by atoms with Crippen molar-refractivity contribution in [3.05, 3.63) is 108 Å². The molecule has 0 spiro atoms. The van der Waals surface area contributed by atoms with Gasteiger partial charge in [-0.2, -0.15) is 0 Å². The molecular weight excluding hydrogens is 476 g/mol. The van der Waals surface area contributed by atoms with Gasteiger partial charge in [0.05, 0.1) is 23.8 Å². The van der Waals surface area contributed by atoms with E-state index in [1.54, 1.807) is 60.3 Å². The van der Waals surface area contributed by atoms with Crippen molar-refractivity contribution in [3.63, 3.8) is 0 Å². The van der Waals surface area contributed by atoms with Gasteiger partial charge in [-0.15, -0.1) is 11.8 Å². The van der Waals surface area contributed by atoms with Crippen LogP contribution in [0, 0.1) is 0 Å². The summed E-state index contributed by atoms with van der Waals surface area (Å²) in [6, 6.07) is 27.2. The van der Waals surface area contributed by atoms with E-state index in [-0.39, 0.29) is 0 Å². The number of hydrogen-bond donors (Lipinski definition) is 0. The Labute approximate surface area is 215 Å². The molecule has 4 rings (SSSR count). The molecular formula is C29H30O6S. The zero-order valence-electron chi connectivity index (χ0n) is 20.3. The largest absolute Gasteiger partial charge is 0.452 e. The third kappa shape index (κ3) is 6.55. The fraction of sp³-hybridized carbons (Fsp3) is 0.310. The van der Waals surface area contributed by atoms with E-state index in [1.807, 2.05) is 56.3 Å². The highest BCUT2D eigenvalue weighted by Gasteiger charge is 2.49. The second-order valence-corrected chi connectivity index (χ2v) is 9.77. The predicted molar refractivity (Wildman–Crippen MR) is 139 cm³/mol. The number of ether oxygens (including phenoxy) is 4. The van der Waals surface area contributed by atoms with Gasteiger partial charge < -0.3 is 18.9 Å². The Hall–Kier alpha value is -3.13. The normalized spacial score (nSPS) is 23.6. The van der Waals surface area contributed by atoms with Crippen LogP contribution in [0.3, 0.4) is 0 Å². The van der Waals surface area contributed by atoms with E-state index in [1.165, 1.54) is 0 Å². The van der Waals surface area contributed by atoms with Crippen LogP contribution < -0.4 is 0 Å². The molecule has 1 aliphatic heterocycles. The van der Waals surface area contributed by atoms with Gasteiger partial charge in [-0.3, -0.25) is 0 Å². The fourth-order valence-electron chi connectivity index (χ4n) is 4.04. The van der Waals surface area contributed by atoms with Crippen molar-refractivity contribution in [2.75, 3.05) is 5.75 Å². The van der Waals surface area contributed by atoms with E-state index in [9.17, 15) is 9.59 Å².